The summed E-state index contributed by atoms with van der Waals surface area (Å²) >= 11 is 0. The fourth-order valence-electron chi connectivity index (χ4n) is 2.74. The van der Waals surface area contributed by atoms with Gasteiger partial charge < -0.3 is 9.47 Å². The van der Waals surface area contributed by atoms with Crippen LogP contribution < -0.4 is 9.47 Å². The van der Waals surface area contributed by atoms with Gasteiger partial charge >= 0.3 is 0 Å². The average Bonchev–Trinajstić information content (AvgIpc) is 3.15. The topological polar surface area (TPSA) is 59.1 Å². The minimum Gasteiger partial charge on any atom is -0.454 e. The van der Waals surface area contributed by atoms with E-state index in [4.69, 9.17) is 9.47 Å². The fraction of sp³-hybridized carbons (Fsp3) is 0.412. The molecule has 0 radical (unpaired) electrons. The van der Waals surface area contributed by atoms with E-state index in [1.54, 1.807) is 17.2 Å². The van der Waals surface area contributed by atoms with Crippen molar-refractivity contribution in [1.29, 1.82) is 0 Å². The number of amides is 2. The van der Waals surface area contributed by atoms with E-state index < -0.39 is 0 Å². The Hall–Kier alpha value is -2.50. The van der Waals surface area contributed by atoms with Crippen molar-refractivity contribution in [3.63, 3.8) is 0 Å². The minimum atomic E-state index is -0.137. The molecule has 2 amide bonds. The predicted octanol–water partition coefficient (Wildman–Crippen LogP) is 1.90. The van der Waals surface area contributed by atoms with Crippen LogP contribution in [0, 0.1) is 0 Å². The fourth-order valence-corrected chi connectivity index (χ4v) is 2.74. The van der Waals surface area contributed by atoms with Crippen LogP contribution in [0.15, 0.2) is 29.8 Å². The molecule has 0 atom stereocenters. The molecule has 2 heterocycles. The molecule has 0 aromatic heterocycles. The highest BCUT2D eigenvalue weighted by Gasteiger charge is 2.29. The minimum absolute atomic E-state index is 0.0862. The van der Waals surface area contributed by atoms with Gasteiger partial charge in [-0.3, -0.25) is 14.6 Å². The quantitative estimate of drug-likeness (QED) is 0.799. The molecule has 1 aromatic carbocycles. The van der Waals surface area contributed by atoms with Gasteiger partial charge in [-0.05, 0) is 38.0 Å². The smallest absolute Gasteiger partial charge is 0.265 e. The number of carbonyl (C=O) groups excluding carboxylic acids is 2. The third kappa shape index (κ3) is 3.31. The third-order valence-electron chi connectivity index (χ3n) is 3.78. The van der Waals surface area contributed by atoms with Gasteiger partial charge in [0.25, 0.3) is 5.91 Å². The number of ether oxygens (including phenoxy) is 2. The average molecular weight is 316 g/mol. The summed E-state index contributed by atoms with van der Waals surface area (Å²) in [6.45, 7) is 5.10. The summed E-state index contributed by atoms with van der Waals surface area (Å²) in [6, 6.07) is 5.48. The Morgan fingerprint density at radius 3 is 2.65 bits per heavy atom. The van der Waals surface area contributed by atoms with Crippen LogP contribution in [0.25, 0.3) is 0 Å². The van der Waals surface area contributed by atoms with E-state index in [1.807, 2.05) is 26.0 Å². The summed E-state index contributed by atoms with van der Waals surface area (Å²) in [5.74, 6) is 1.13. The van der Waals surface area contributed by atoms with E-state index >= 15 is 0 Å². The lowest BCUT2D eigenvalue weighted by Gasteiger charge is -2.27. The first-order valence-electron chi connectivity index (χ1n) is 7.70. The zero-order valence-corrected chi connectivity index (χ0v) is 13.4. The van der Waals surface area contributed by atoms with Gasteiger partial charge in [-0.15, -0.1) is 0 Å². The SMILES string of the molecule is CC(C)=CC(=O)N1CCCN1C(=O)Cc1ccc2c(c1)OCO2. The normalized spacial score (nSPS) is 15.7. The summed E-state index contributed by atoms with van der Waals surface area (Å²) in [5, 5.41) is 3.08. The second kappa shape index (κ2) is 6.32. The van der Waals surface area contributed by atoms with E-state index in [-0.39, 0.29) is 25.0 Å². The number of benzene rings is 1. The van der Waals surface area contributed by atoms with Crippen LogP contribution in [-0.2, 0) is 16.0 Å². The standard InChI is InChI=1S/C17H20N2O4/c1-12(2)8-16(20)18-6-3-7-19(18)17(21)10-13-4-5-14-15(9-13)23-11-22-14/h4-5,8-9H,3,6-7,10-11H2,1-2H3. The first-order valence-corrected chi connectivity index (χ1v) is 7.70. The number of fused-ring (bicyclic) bond motifs is 1. The Bertz CT molecular complexity index is 665. The molecule has 1 saturated heterocycles. The summed E-state index contributed by atoms with van der Waals surface area (Å²) < 4.78 is 10.6. The van der Waals surface area contributed by atoms with Crippen LogP contribution in [0.4, 0.5) is 0 Å². The zero-order valence-electron chi connectivity index (χ0n) is 13.4. The second-order valence-corrected chi connectivity index (χ2v) is 5.92. The van der Waals surface area contributed by atoms with Gasteiger partial charge in [0, 0.05) is 19.2 Å². The summed E-state index contributed by atoms with van der Waals surface area (Å²) in [5.41, 5.74) is 1.77. The van der Waals surface area contributed by atoms with E-state index in [0.717, 1.165) is 17.6 Å². The Morgan fingerprint density at radius 1 is 1.13 bits per heavy atom. The van der Waals surface area contributed by atoms with Crippen LogP contribution in [0.1, 0.15) is 25.8 Å². The maximum absolute atomic E-state index is 12.6. The molecule has 6 heteroatoms. The van der Waals surface area contributed by atoms with E-state index in [0.29, 0.717) is 24.6 Å². The number of allylic oxidation sites excluding steroid dienone is 1. The van der Waals surface area contributed by atoms with Gasteiger partial charge in [-0.1, -0.05) is 11.6 Å². The van der Waals surface area contributed by atoms with Crippen LogP contribution in [0.3, 0.4) is 0 Å². The maximum atomic E-state index is 12.6. The molecule has 0 spiro atoms. The van der Waals surface area contributed by atoms with Crippen LogP contribution in [-0.4, -0.2) is 41.7 Å². The molecule has 2 aliphatic rings. The maximum Gasteiger partial charge on any atom is 0.265 e. The molecule has 0 N–H and O–H groups in total. The Morgan fingerprint density at radius 2 is 1.87 bits per heavy atom. The van der Waals surface area contributed by atoms with E-state index in [9.17, 15) is 9.59 Å². The number of hydrogen-bond acceptors (Lipinski definition) is 4. The summed E-state index contributed by atoms with van der Waals surface area (Å²) in [4.78, 5) is 24.8. The highest BCUT2D eigenvalue weighted by Crippen LogP contribution is 2.32. The molecular weight excluding hydrogens is 296 g/mol. The molecule has 0 unspecified atom stereocenters. The van der Waals surface area contributed by atoms with Crippen molar-refractivity contribution in [3.8, 4) is 11.5 Å². The van der Waals surface area contributed by atoms with Gasteiger partial charge in [-0.2, -0.15) is 0 Å². The van der Waals surface area contributed by atoms with E-state index in [1.165, 1.54) is 5.01 Å². The van der Waals surface area contributed by atoms with Gasteiger partial charge in [0.1, 0.15) is 0 Å². The largest absolute Gasteiger partial charge is 0.454 e. The zero-order chi connectivity index (χ0) is 16.4. The highest BCUT2D eigenvalue weighted by atomic mass is 16.7. The number of hydrazine groups is 1. The molecule has 1 fully saturated rings. The molecule has 1 aromatic rings. The molecule has 3 rings (SSSR count). The van der Waals surface area contributed by atoms with Gasteiger partial charge in [0.15, 0.2) is 11.5 Å². The molecule has 0 aliphatic carbocycles. The van der Waals surface area contributed by atoms with Crippen molar-refractivity contribution in [2.75, 3.05) is 19.9 Å². The van der Waals surface area contributed by atoms with Gasteiger partial charge in [0.2, 0.25) is 12.7 Å². The number of nitrogens with zero attached hydrogens (tertiary/aromatic N) is 2. The molecule has 0 bridgehead atoms. The van der Waals surface area contributed by atoms with E-state index in [2.05, 4.69) is 0 Å². The number of rotatable bonds is 3. The number of carbonyl (C=O) groups is 2. The Kier molecular flexibility index (Phi) is 4.23. The van der Waals surface area contributed by atoms with Gasteiger partial charge in [-0.25, -0.2) is 5.01 Å². The molecule has 122 valence electrons. The lowest BCUT2D eigenvalue weighted by atomic mass is 10.1. The molecule has 0 saturated carbocycles. The molecule has 2 aliphatic heterocycles. The lowest BCUT2D eigenvalue weighted by Crippen LogP contribution is -2.44. The molecule has 6 nitrogen and oxygen atoms in total. The van der Waals surface area contributed by atoms with Crippen LogP contribution in [0.5, 0.6) is 11.5 Å². The van der Waals surface area contributed by atoms with Crippen LogP contribution in [0.2, 0.25) is 0 Å². The summed E-state index contributed by atoms with van der Waals surface area (Å²) in [6.07, 6.45) is 2.59. The van der Waals surface area contributed by atoms with Crippen molar-refractivity contribution in [2.24, 2.45) is 0 Å². The lowest BCUT2D eigenvalue weighted by molar-refractivity contribution is -0.154. The second-order valence-electron chi connectivity index (χ2n) is 5.92. The Balaban J connectivity index is 1.70. The molecule has 23 heavy (non-hydrogen) atoms. The molecular formula is C17H20N2O4. The predicted molar refractivity (Wildman–Crippen MR) is 83.7 cm³/mol. The van der Waals surface area contributed by atoms with Crippen molar-refractivity contribution < 1.29 is 19.1 Å². The van der Waals surface area contributed by atoms with Gasteiger partial charge in [0.05, 0.1) is 6.42 Å². The van der Waals surface area contributed by atoms with Crippen LogP contribution >= 0.6 is 0 Å². The first-order chi connectivity index (χ1) is 11.0. The third-order valence-corrected chi connectivity index (χ3v) is 3.78. The highest BCUT2D eigenvalue weighted by molar-refractivity contribution is 5.91. The monoisotopic (exact) mass is 316 g/mol. The summed E-state index contributed by atoms with van der Waals surface area (Å²) in [7, 11) is 0. The van der Waals surface area contributed by atoms with Crippen molar-refractivity contribution in [1.82, 2.24) is 10.0 Å². The Labute approximate surface area is 135 Å². The number of hydrogen-bond donors (Lipinski definition) is 0. The first kappa shape index (κ1) is 15.4. The van der Waals surface area contributed by atoms with Crippen molar-refractivity contribution >= 4 is 11.8 Å². The van der Waals surface area contributed by atoms with Crippen molar-refractivity contribution in [2.45, 2.75) is 26.7 Å². The van der Waals surface area contributed by atoms with Crippen molar-refractivity contribution in [3.05, 3.63) is 35.4 Å².